The van der Waals surface area contributed by atoms with Crippen LogP contribution in [0, 0.1) is 0 Å². The third-order valence-electron chi connectivity index (χ3n) is 4.66. The van der Waals surface area contributed by atoms with Crippen LogP contribution in [0.4, 0.5) is 11.7 Å². The second-order valence-corrected chi connectivity index (χ2v) is 6.37. The summed E-state index contributed by atoms with van der Waals surface area (Å²) in [6.07, 6.45) is 0.435. The standard InChI is InChI=1S/C20H22N4O2/c25-19(10-11-21-20-22-17-8-4-5-9-18(17)26-20)24-14-12-23(13-15-24)16-6-2-1-3-7-16/h1-9H,10-15H2,(H,21,22). The number of hydrogen-bond donors (Lipinski definition) is 1. The van der Waals surface area contributed by atoms with Crippen LogP contribution in [0.3, 0.4) is 0 Å². The number of anilines is 2. The van der Waals surface area contributed by atoms with Gasteiger partial charge in [-0.25, -0.2) is 0 Å². The lowest BCUT2D eigenvalue weighted by atomic mass is 10.2. The van der Waals surface area contributed by atoms with Gasteiger partial charge < -0.3 is 19.5 Å². The van der Waals surface area contributed by atoms with Gasteiger partial charge in [0, 0.05) is 44.8 Å². The average molecular weight is 350 g/mol. The lowest BCUT2D eigenvalue weighted by Crippen LogP contribution is -2.49. The summed E-state index contributed by atoms with van der Waals surface area (Å²) in [7, 11) is 0. The summed E-state index contributed by atoms with van der Waals surface area (Å²) in [5.74, 6) is 0.168. The van der Waals surface area contributed by atoms with Gasteiger partial charge in [0.2, 0.25) is 5.91 Å². The molecule has 134 valence electrons. The van der Waals surface area contributed by atoms with Gasteiger partial charge in [-0.3, -0.25) is 4.79 Å². The van der Waals surface area contributed by atoms with E-state index in [1.54, 1.807) is 0 Å². The fraction of sp³-hybridized carbons (Fsp3) is 0.300. The molecule has 26 heavy (non-hydrogen) atoms. The number of aromatic nitrogens is 1. The van der Waals surface area contributed by atoms with E-state index >= 15 is 0 Å². The highest BCUT2D eigenvalue weighted by molar-refractivity contribution is 5.77. The third-order valence-corrected chi connectivity index (χ3v) is 4.66. The quantitative estimate of drug-likeness (QED) is 0.766. The topological polar surface area (TPSA) is 61.6 Å². The molecule has 3 aromatic rings. The predicted molar refractivity (Wildman–Crippen MR) is 102 cm³/mol. The van der Waals surface area contributed by atoms with Gasteiger partial charge in [-0.1, -0.05) is 30.3 Å². The molecule has 0 spiro atoms. The van der Waals surface area contributed by atoms with Gasteiger partial charge >= 0.3 is 0 Å². The molecule has 1 aliphatic heterocycles. The highest BCUT2D eigenvalue weighted by Crippen LogP contribution is 2.18. The van der Waals surface area contributed by atoms with E-state index in [2.05, 4.69) is 27.3 Å². The SMILES string of the molecule is O=C(CCNc1nc2ccccc2o1)N1CCN(c2ccccc2)CC1. The first-order valence-corrected chi connectivity index (χ1v) is 8.97. The first-order valence-electron chi connectivity index (χ1n) is 8.97. The first kappa shape index (κ1) is 16.4. The van der Waals surface area contributed by atoms with Gasteiger partial charge in [0.15, 0.2) is 5.58 Å². The molecule has 1 saturated heterocycles. The van der Waals surface area contributed by atoms with E-state index < -0.39 is 0 Å². The zero-order chi connectivity index (χ0) is 17.8. The van der Waals surface area contributed by atoms with Crippen LogP contribution in [0.25, 0.3) is 11.1 Å². The fourth-order valence-corrected chi connectivity index (χ4v) is 3.24. The molecule has 0 unspecified atom stereocenters. The Balaban J connectivity index is 1.24. The molecule has 1 N–H and O–H groups in total. The van der Waals surface area contributed by atoms with Gasteiger partial charge in [-0.2, -0.15) is 4.98 Å². The van der Waals surface area contributed by atoms with Crippen molar-refractivity contribution in [2.45, 2.75) is 6.42 Å². The number of rotatable bonds is 5. The van der Waals surface area contributed by atoms with Crippen LogP contribution >= 0.6 is 0 Å². The number of amides is 1. The van der Waals surface area contributed by atoms with Crippen LogP contribution in [0.2, 0.25) is 0 Å². The van der Waals surface area contributed by atoms with Crippen molar-refractivity contribution >= 4 is 28.7 Å². The van der Waals surface area contributed by atoms with Crippen LogP contribution < -0.4 is 10.2 Å². The summed E-state index contributed by atoms with van der Waals surface area (Å²) in [6.45, 7) is 3.78. The molecule has 6 heteroatoms. The van der Waals surface area contributed by atoms with Crippen molar-refractivity contribution in [1.29, 1.82) is 0 Å². The minimum atomic E-state index is 0.168. The van der Waals surface area contributed by atoms with E-state index in [0.29, 0.717) is 19.0 Å². The number of nitrogens with zero attached hydrogens (tertiary/aromatic N) is 3. The molecule has 0 radical (unpaired) electrons. The minimum absolute atomic E-state index is 0.168. The second kappa shape index (κ2) is 7.47. The van der Waals surface area contributed by atoms with Crippen LogP contribution in [0.1, 0.15) is 6.42 Å². The Labute approximate surface area is 152 Å². The molecule has 2 heterocycles. The number of para-hydroxylation sites is 3. The largest absolute Gasteiger partial charge is 0.424 e. The molecule has 0 saturated carbocycles. The maximum Gasteiger partial charge on any atom is 0.295 e. The molecule has 1 fully saturated rings. The number of oxazole rings is 1. The number of hydrogen-bond acceptors (Lipinski definition) is 5. The first-order chi connectivity index (χ1) is 12.8. The van der Waals surface area contributed by atoms with Gasteiger partial charge in [-0.15, -0.1) is 0 Å². The Morgan fingerprint density at radius 1 is 1.00 bits per heavy atom. The minimum Gasteiger partial charge on any atom is -0.424 e. The van der Waals surface area contributed by atoms with Gasteiger partial charge in [0.25, 0.3) is 6.01 Å². The summed E-state index contributed by atoms with van der Waals surface area (Å²) in [5.41, 5.74) is 2.79. The molecule has 0 atom stereocenters. The normalized spacial score (nSPS) is 14.6. The molecule has 1 aliphatic rings. The number of piperazine rings is 1. The van der Waals surface area contributed by atoms with Gasteiger partial charge in [0.05, 0.1) is 0 Å². The molecule has 6 nitrogen and oxygen atoms in total. The fourth-order valence-electron chi connectivity index (χ4n) is 3.24. The Morgan fingerprint density at radius 2 is 1.73 bits per heavy atom. The summed E-state index contributed by atoms with van der Waals surface area (Å²) < 4.78 is 5.60. The van der Waals surface area contributed by atoms with E-state index in [1.165, 1.54) is 5.69 Å². The third kappa shape index (κ3) is 3.64. The molecule has 0 aliphatic carbocycles. The molecule has 0 bridgehead atoms. The summed E-state index contributed by atoms with van der Waals surface area (Å²) >= 11 is 0. The molecular formula is C20H22N4O2. The monoisotopic (exact) mass is 350 g/mol. The number of carbonyl (C=O) groups excluding carboxylic acids is 1. The average Bonchev–Trinajstić information content (AvgIpc) is 3.11. The van der Waals surface area contributed by atoms with Gasteiger partial charge in [-0.05, 0) is 24.3 Å². The van der Waals surface area contributed by atoms with Crippen molar-refractivity contribution in [3.05, 3.63) is 54.6 Å². The Kier molecular flexibility index (Phi) is 4.73. The Hall–Kier alpha value is -3.02. The summed E-state index contributed by atoms with van der Waals surface area (Å²) in [5, 5.41) is 3.10. The van der Waals surface area contributed by atoms with E-state index in [0.717, 1.165) is 37.3 Å². The lowest BCUT2D eigenvalue weighted by molar-refractivity contribution is -0.131. The van der Waals surface area contributed by atoms with Gasteiger partial charge in [0.1, 0.15) is 5.52 Å². The van der Waals surface area contributed by atoms with Crippen LogP contribution in [-0.2, 0) is 4.79 Å². The van der Waals surface area contributed by atoms with Crippen molar-refractivity contribution in [2.75, 3.05) is 42.9 Å². The van der Waals surface area contributed by atoms with Crippen molar-refractivity contribution in [2.24, 2.45) is 0 Å². The van der Waals surface area contributed by atoms with Crippen molar-refractivity contribution < 1.29 is 9.21 Å². The second-order valence-electron chi connectivity index (χ2n) is 6.37. The molecule has 4 rings (SSSR count). The number of carbonyl (C=O) groups is 1. The maximum atomic E-state index is 12.4. The Morgan fingerprint density at radius 3 is 2.50 bits per heavy atom. The number of nitrogens with one attached hydrogen (secondary N) is 1. The maximum absolute atomic E-state index is 12.4. The zero-order valence-corrected chi connectivity index (χ0v) is 14.6. The summed E-state index contributed by atoms with van der Waals surface area (Å²) in [6, 6.07) is 18.4. The van der Waals surface area contributed by atoms with Crippen molar-refractivity contribution in [3.63, 3.8) is 0 Å². The smallest absolute Gasteiger partial charge is 0.295 e. The van der Waals surface area contributed by atoms with Crippen LogP contribution in [0.15, 0.2) is 59.0 Å². The van der Waals surface area contributed by atoms with Crippen LogP contribution in [-0.4, -0.2) is 48.5 Å². The molecule has 1 aromatic heterocycles. The highest BCUT2D eigenvalue weighted by atomic mass is 16.4. The molecule has 1 amide bonds. The van der Waals surface area contributed by atoms with E-state index in [-0.39, 0.29) is 5.91 Å². The highest BCUT2D eigenvalue weighted by Gasteiger charge is 2.20. The van der Waals surface area contributed by atoms with E-state index in [9.17, 15) is 4.79 Å². The summed E-state index contributed by atoms with van der Waals surface area (Å²) in [4.78, 5) is 21.0. The zero-order valence-electron chi connectivity index (χ0n) is 14.6. The van der Waals surface area contributed by atoms with Crippen LogP contribution in [0.5, 0.6) is 0 Å². The van der Waals surface area contributed by atoms with Crippen molar-refractivity contribution in [3.8, 4) is 0 Å². The molecule has 2 aromatic carbocycles. The Bertz CT molecular complexity index is 837. The lowest BCUT2D eigenvalue weighted by Gasteiger charge is -2.36. The number of benzene rings is 2. The van der Waals surface area contributed by atoms with E-state index in [4.69, 9.17) is 4.42 Å². The van der Waals surface area contributed by atoms with E-state index in [1.807, 2.05) is 47.4 Å². The predicted octanol–water partition coefficient (Wildman–Crippen LogP) is 2.98. The molecular weight excluding hydrogens is 328 g/mol. The number of fused-ring (bicyclic) bond motifs is 1. The van der Waals surface area contributed by atoms with Crippen molar-refractivity contribution in [1.82, 2.24) is 9.88 Å².